The summed E-state index contributed by atoms with van der Waals surface area (Å²) < 4.78 is 40.4. The Labute approximate surface area is 94.0 Å². The van der Waals surface area contributed by atoms with Gasteiger partial charge < -0.3 is 25.4 Å². The van der Waals surface area contributed by atoms with E-state index in [-0.39, 0.29) is 0 Å². The Hall–Kier alpha value is -0.900. The highest BCUT2D eigenvalue weighted by atomic mass is 19.4. The van der Waals surface area contributed by atoms with Crippen LogP contribution in [0.25, 0.3) is 0 Å². The number of aliphatic hydroxyl groups excluding tert-OH is 3. The molecule has 9 heteroatoms. The molecule has 0 aliphatic carbocycles. The predicted molar refractivity (Wildman–Crippen MR) is 46.8 cm³/mol. The zero-order valence-corrected chi connectivity index (χ0v) is 8.52. The van der Waals surface area contributed by atoms with E-state index >= 15 is 0 Å². The number of nitrogens with one attached hydrogen (secondary N) is 1. The Morgan fingerprint density at radius 1 is 1.24 bits per heavy atom. The molecule has 4 atom stereocenters. The van der Waals surface area contributed by atoms with Gasteiger partial charge in [0.25, 0.3) is 0 Å². The molecular formula is C8H12F3NO5. The van der Waals surface area contributed by atoms with Crippen molar-refractivity contribution in [1.29, 1.82) is 0 Å². The minimum Gasteiger partial charge on any atom is -0.394 e. The summed E-state index contributed by atoms with van der Waals surface area (Å²) in [6, 6.07) is 0. The Balaban J connectivity index is 2.46. The predicted octanol–water partition coefficient (Wildman–Crippen LogP) is -1.85. The Morgan fingerprint density at radius 3 is 2.18 bits per heavy atom. The van der Waals surface area contributed by atoms with Crippen molar-refractivity contribution >= 4 is 5.91 Å². The molecule has 0 aromatic heterocycles. The summed E-state index contributed by atoms with van der Waals surface area (Å²) in [7, 11) is 0. The van der Waals surface area contributed by atoms with E-state index in [1.54, 1.807) is 0 Å². The van der Waals surface area contributed by atoms with Crippen molar-refractivity contribution in [3.05, 3.63) is 0 Å². The molecule has 4 N–H and O–H groups in total. The Morgan fingerprint density at radius 2 is 1.76 bits per heavy atom. The van der Waals surface area contributed by atoms with Crippen LogP contribution in [0.15, 0.2) is 0 Å². The van der Waals surface area contributed by atoms with E-state index in [0.29, 0.717) is 0 Å². The fourth-order valence-corrected chi connectivity index (χ4v) is 1.44. The van der Waals surface area contributed by atoms with Gasteiger partial charge in [0, 0.05) is 6.54 Å². The molecule has 1 amide bonds. The lowest BCUT2D eigenvalue weighted by Crippen LogP contribution is -2.44. The molecule has 0 aromatic rings. The standard InChI is InChI=1S/C8H12F3NO5/c9-8(10,11)7(16)12-1-3-5(14)6(15)4(2-13)17-3/h3-6,13-15H,1-2H2,(H,12,16)/t3-,4+,5+,6+/m0/s1. The van der Waals surface area contributed by atoms with Crippen LogP contribution in [0.5, 0.6) is 0 Å². The number of halogens is 3. The highest BCUT2D eigenvalue weighted by molar-refractivity contribution is 5.81. The molecule has 17 heavy (non-hydrogen) atoms. The van der Waals surface area contributed by atoms with Crippen molar-refractivity contribution in [2.24, 2.45) is 0 Å². The molecule has 0 aromatic carbocycles. The van der Waals surface area contributed by atoms with E-state index in [9.17, 15) is 28.2 Å². The van der Waals surface area contributed by atoms with Gasteiger partial charge in [0.15, 0.2) is 0 Å². The summed E-state index contributed by atoms with van der Waals surface area (Å²) in [5.41, 5.74) is 0. The lowest BCUT2D eigenvalue weighted by atomic mass is 10.1. The first-order valence-corrected chi connectivity index (χ1v) is 4.75. The van der Waals surface area contributed by atoms with Crippen LogP contribution in [0.1, 0.15) is 0 Å². The van der Waals surface area contributed by atoms with Crippen molar-refractivity contribution in [3.63, 3.8) is 0 Å². The molecule has 1 aliphatic heterocycles. The number of hydrogen-bond donors (Lipinski definition) is 4. The molecule has 0 bridgehead atoms. The van der Waals surface area contributed by atoms with Crippen LogP contribution < -0.4 is 5.32 Å². The van der Waals surface area contributed by atoms with Gasteiger partial charge in [0.2, 0.25) is 0 Å². The molecule has 0 saturated carbocycles. The topological polar surface area (TPSA) is 99.0 Å². The second-order valence-electron chi connectivity index (χ2n) is 3.58. The summed E-state index contributed by atoms with van der Waals surface area (Å²) in [5, 5.41) is 28.9. The van der Waals surface area contributed by atoms with Crippen LogP contribution in [0.4, 0.5) is 13.2 Å². The van der Waals surface area contributed by atoms with Gasteiger partial charge in [-0.15, -0.1) is 0 Å². The Kier molecular flexibility index (Phi) is 4.31. The van der Waals surface area contributed by atoms with Crippen molar-refractivity contribution in [1.82, 2.24) is 5.32 Å². The van der Waals surface area contributed by atoms with E-state index in [1.165, 1.54) is 5.32 Å². The minimum absolute atomic E-state index is 0.581. The molecule has 100 valence electrons. The highest BCUT2D eigenvalue weighted by Crippen LogP contribution is 2.21. The van der Waals surface area contributed by atoms with Crippen LogP contribution in [0.3, 0.4) is 0 Å². The second kappa shape index (κ2) is 5.17. The monoisotopic (exact) mass is 259 g/mol. The summed E-state index contributed by atoms with van der Waals surface area (Å²) >= 11 is 0. The summed E-state index contributed by atoms with van der Waals surface area (Å²) in [6.07, 6.45) is -10.1. The SMILES string of the molecule is O=C(NC[C@@H]1O[C@H](CO)[C@@H](O)[C@@H]1O)C(F)(F)F. The molecule has 6 nitrogen and oxygen atoms in total. The van der Waals surface area contributed by atoms with Gasteiger partial charge in [0.1, 0.15) is 24.4 Å². The second-order valence-corrected chi connectivity index (χ2v) is 3.58. The number of rotatable bonds is 3. The molecule has 0 unspecified atom stereocenters. The molecule has 0 spiro atoms. The molecule has 1 heterocycles. The average Bonchev–Trinajstić information content (AvgIpc) is 2.51. The number of hydrogen-bond acceptors (Lipinski definition) is 5. The maximum absolute atomic E-state index is 11.8. The lowest BCUT2D eigenvalue weighted by Gasteiger charge is -2.15. The average molecular weight is 259 g/mol. The van der Waals surface area contributed by atoms with E-state index in [1.807, 2.05) is 0 Å². The van der Waals surface area contributed by atoms with Gasteiger partial charge in [-0.3, -0.25) is 4.79 Å². The van der Waals surface area contributed by atoms with Crippen LogP contribution in [0, 0.1) is 0 Å². The van der Waals surface area contributed by atoms with E-state index in [0.717, 1.165) is 0 Å². The first-order chi connectivity index (χ1) is 7.77. The summed E-state index contributed by atoms with van der Waals surface area (Å²) in [6.45, 7) is -1.19. The molecule has 1 saturated heterocycles. The fourth-order valence-electron chi connectivity index (χ4n) is 1.44. The Bertz CT molecular complexity index is 285. The van der Waals surface area contributed by atoms with Gasteiger partial charge in [0.05, 0.1) is 6.61 Å². The van der Waals surface area contributed by atoms with E-state index in [4.69, 9.17) is 9.84 Å². The summed E-state index contributed by atoms with van der Waals surface area (Å²) in [5.74, 6) is -2.16. The van der Waals surface area contributed by atoms with Crippen molar-refractivity contribution in [2.75, 3.05) is 13.2 Å². The summed E-state index contributed by atoms with van der Waals surface area (Å²) in [4.78, 5) is 10.5. The quantitative estimate of drug-likeness (QED) is 0.477. The number of amides is 1. The van der Waals surface area contributed by atoms with Crippen LogP contribution in [-0.4, -0.2) is 65.0 Å². The zero-order valence-electron chi connectivity index (χ0n) is 8.52. The first-order valence-electron chi connectivity index (χ1n) is 4.75. The van der Waals surface area contributed by atoms with Gasteiger partial charge in [-0.05, 0) is 0 Å². The lowest BCUT2D eigenvalue weighted by molar-refractivity contribution is -0.174. The van der Waals surface area contributed by atoms with Crippen molar-refractivity contribution in [3.8, 4) is 0 Å². The molecule has 1 aliphatic rings. The zero-order chi connectivity index (χ0) is 13.2. The maximum Gasteiger partial charge on any atom is 0.471 e. The van der Waals surface area contributed by atoms with Crippen molar-refractivity contribution < 1.29 is 38.0 Å². The molecule has 1 fully saturated rings. The third-order valence-corrected chi connectivity index (χ3v) is 2.36. The van der Waals surface area contributed by atoms with Gasteiger partial charge in [-0.2, -0.15) is 13.2 Å². The largest absolute Gasteiger partial charge is 0.471 e. The van der Waals surface area contributed by atoms with Crippen molar-refractivity contribution in [2.45, 2.75) is 30.6 Å². The number of carbonyl (C=O) groups is 1. The van der Waals surface area contributed by atoms with Gasteiger partial charge in [-0.1, -0.05) is 0 Å². The van der Waals surface area contributed by atoms with Crippen LogP contribution in [-0.2, 0) is 9.53 Å². The third-order valence-electron chi connectivity index (χ3n) is 2.36. The number of alkyl halides is 3. The molecule has 0 radical (unpaired) electrons. The molecule has 1 rings (SSSR count). The maximum atomic E-state index is 11.8. The normalized spacial score (nSPS) is 33.8. The molecular weight excluding hydrogens is 247 g/mol. The van der Waals surface area contributed by atoms with Crippen LogP contribution in [0.2, 0.25) is 0 Å². The minimum atomic E-state index is -5.02. The smallest absolute Gasteiger partial charge is 0.394 e. The fraction of sp³-hybridized carbons (Fsp3) is 0.875. The van der Waals surface area contributed by atoms with E-state index < -0.39 is 49.7 Å². The highest BCUT2D eigenvalue weighted by Gasteiger charge is 2.44. The number of aliphatic hydroxyl groups is 3. The number of carbonyl (C=O) groups excluding carboxylic acids is 1. The number of ether oxygens (including phenoxy) is 1. The van der Waals surface area contributed by atoms with Gasteiger partial charge >= 0.3 is 12.1 Å². The van der Waals surface area contributed by atoms with Crippen LogP contribution >= 0.6 is 0 Å². The first kappa shape index (κ1) is 14.2. The third kappa shape index (κ3) is 3.28. The van der Waals surface area contributed by atoms with E-state index in [2.05, 4.69) is 0 Å². The van der Waals surface area contributed by atoms with Gasteiger partial charge in [-0.25, -0.2) is 0 Å².